The number of carbonyl (C=O) groups excluding carboxylic acids is 2. The van der Waals surface area contributed by atoms with Gasteiger partial charge in [-0.1, -0.05) is 6.07 Å². The monoisotopic (exact) mass is 295 g/mol. The van der Waals surface area contributed by atoms with E-state index in [-0.39, 0.29) is 11.3 Å². The molecule has 0 saturated carbocycles. The molecular weight excluding hydrogens is 290 g/mol. The van der Waals surface area contributed by atoms with Crippen LogP contribution in [0.5, 0.6) is 0 Å². The third-order valence-corrected chi connectivity index (χ3v) is 2.89. The first-order valence-corrected chi connectivity index (χ1v) is 5.39. The summed E-state index contributed by atoms with van der Waals surface area (Å²) in [6.07, 6.45) is 2.21. The SMILES string of the molecule is O=C(O)c1cccc(Br)c1N1C(=O)C=CC1=O. The molecule has 1 aromatic carbocycles. The quantitative estimate of drug-likeness (QED) is 0.841. The molecule has 1 heterocycles. The number of para-hydroxylation sites is 1. The summed E-state index contributed by atoms with van der Waals surface area (Å²) in [6, 6.07) is 4.43. The maximum atomic E-state index is 11.5. The third-order valence-electron chi connectivity index (χ3n) is 2.25. The number of imide groups is 1. The van der Waals surface area contributed by atoms with Gasteiger partial charge >= 0.3 is 5.97 Å². The lowest BCUT2D eigenvalue weighted by atomic mass is 10.1. The number of aromatic carboxylic acids is 1. The van der Waals surface area contributed by atoms with Crippen LogP contribution < -0.4 is 4.90 Å². The molecule has 86 valence electrons. The van der Waals surface area contributed by atoms with Gasteiger partial charge in [0.25, 0.3) is 11.8 Å². The van der Waals surface area contributed by atoms with Crippen molar-refractivity contribution in [3.63, 3.8) is 0 Å². The highest BCUT2D eigenvalue weighted by molar-refractivity contribution is 9.10. The minimum Gasteiger partial charge on any atom is -0.478 e. The third kappa shape index (κ3) is 1.87. The second kappa shape index (κ2) is 4.14. The molecule has 2 amide bonds. The van der Waals surface area contributed by atoms with Crippen LogP contribution in [0.15, 0.2) is 34.8 Å². The number of carboxylic acid groups (broad SMARTS) is 1. The molecule has 0 spiro atoms. The average Bonchev–Trinajstić information content (AvgIpc) is 2.59. The van der Waals surface area contributed by atoms with Crippen molar-refractivity contribution in [2.75, 3.05) is 4.90 Å². The Labute approximate surface area is 104 Å². The van der Waals surface area contributed by atoms with Crippen molar-refractivity contribution < 1.29 is 19.5 Å². The van der Waals surface area contributed by atoms with E-state index in [1.165, 1.54) is 12.1 Å². The molecule has 0 saturated heterocycles. The van der Waals surface area contributed by atoms with Crippen molar-refractivity contribution in [1.29, 1.82) is 0 Å². The van der Waals surface area contributed by atoms with Gasteiger partial charge < -0.3 is 5.11 Å². The van der Waals surface area contributed by atoms with Crippen molar-refractivity contribution in [2.45, 2.75) is 0 Å². The molecule has 0 fully saturated rings. The van der Waals surface area contributed by atoms with Crippen LogP contribution in [-0.2, 0) is 9.59 Å². The molecule has 0 aliphatic carbocycles. The Hall–Kier alpha value is -1.95. The molecule has 2 rings (SSSR count). The Morgan fingerprint density at radius 3 is 2.29 bits per heavy atom. The highest BCUT2D eigenvalue weighted by Crippen LogP contribution is 2.32. The molecule has 1 aliphatic rings. The molecule has 6 heteroatoms. The summed E-state index contributed by atoms with van der Waals surface area (Å²) in [5.74, 6) is -2.30. The number of anilines is 1. The molecule has 5 nitrogen and oxygen atoms in total. The Morgan fingerprint density at radius 1 is 1.18 bits per heavy atom. The van der Waals surface area contributed by atoms with E-state index in [1.807, 2.05) is 0 Å². The van der Waals surface area contributed by atoms with Crippen molar-refractivity contribution in [3.05, 3.63) is 40.4 Å². The summed E-state index contributed by atoms with van der Waals surface area (Å²) >= 11 is 3.14. The van der Waals surface area contributed by atoms with Crippen LogP contribution in [-0.4, -0.2) is 22.9 Å². The summed E-state index contributed by atoms with van der Waals surface area (Å²) < 4.78 is 0.378. The first-order chi connectivity index (χ1) is 8.02. The second-order valence-corrected chi connectivity index (χ2v) is 4.14. The van der Waals surface area contributed by atoms with E-state index in [4.69, 9.17) is 5.11 Å². The molecule has 0 radical (unpaired) electrons. The molecule has 0 atom stereocenters. The number of hydrogen-bond acceptors (Lipinski definition) is 3. The number of hydrogen-bond donors (Lipinski definition) is 1. The Balaban J connectivity index is 2.63. The first-order valence-electron chi connectivity index (χ1n) is 4.60. The minimum atomic E-state index is -1.20. The molecule has 0 unspecified atom stereocenters. The predicted octanol–water partition coefficient (Wildman–Crippen LogP) is 1.58. The van der Waals surface area contributed by atoms with Crippen LogP contribution in [0, 0.1) is 0 Å². The van der Waals surface area contributed by atoms with E-state index in [9.17, 15) is 14.4 Å². The van der Waals surface area contributed by atoms with E-state index in [0.29, 0.717) is 4.47 Å². The number of halogens is 1. The number of carbonyl (C=O) groups is 3. The predicted molar refractivity (Wildman–Crippen MR) is 62.7 cm³/mol. The summed E-state index contributed by atoms with van der Waals surface area (Å²) in [6.45, 7) is 0. The fraction of sp³-hybridized carbons (Fsp3) is 0. The lowest BCUT2D eigenvalue weighted by molar-refractivity contribution is -0.119. The molecule has 17 heavy (non-hydrogen) atoms. The highest BCUT2D eigenvalue weighted by atomic mass is 79.9. The van der Waals surface area contributed by atoms with E-state index in [0.717, 1.165) is 17.1 Å². The smallest absolute Gasteiger partial charge is 0.337 e. The van der Waals surface area contributed by atoms with Crippen LogP contribution in [0.3, 0.4) is 0 Å². The van der Waals surface area contributed by atoms with Gasteiger partial charge in [-0.3, -0.25) is 9.59 Å². The average molecular weight is 296 g/mol. The largest absolute Gasteiger partial charge is 0.478 e. The van der Waals surface area contributed by atoms with Gasteiger partial charge in [-0.25, -0.2) is 9.69 Å². The summed E-state index contributed by atoms with van der Waals surface area (Å²) in [5.41, 5.74) is -0.0511. The zero-order valence-corrected chi connectivity index (χ0v) is 9.97. The van der Waals surface area contributed by atoms with Gasteiger partial charge in [0.2, 0.25) is 0 Å². The van der Waals surface area contributed by atoms with Crippen molar-refractivity contribution >= 4 is 39.4 Å². The van der Waals surface area contributed by atoms with E-state index < -0.39 is 17.8 Å². The molecule has 1 N–H and O–H groups in total. The minimum absolute atomic E-state index is 0.0556. The van der Waals surface area contributed by atoms with Crippen LogP contribution in [0.25, 0.3) is 0 Å². The molecule has 0 aromatic heterocycles. The van der Waals surface area contributed by atoms with Crippen LogP contribution in [0.4, 0.5) is 5.69 Å². The lowest BCUT2D eigenvalue weighted by Crippen LogP contribution is -2.31. The standard InChI is InChI=1S/C11H6BrNO4/c12-7-3-1-2-6(11(16)17)10(7)13-8(14)4-5-9(13)15/h1-5H,(H,16,17). The summed E-state index contributed by atoms with van der Waals surface area (Å²) in [4.78, 5) is 34.9. The maximum Gasteiger partial charge on any atom is 0.337 e. The van der Waals surface area contributed by atoms with Crippen molar-refractivity contribution in [1.82, 2.24) is 0 Å². The number of amides is 2. The van der Waals surface area contributed by atoms with Gasteiger partial charge in [-0.15, -0.1) is 0 Å². The highest BCUT2D eigenvalue weighted by Gasteiger charge is 2.30. The van der Waals surface area contributed by atoms with E-state index in [1.54, 1.807) is 6.07 Å². The zero-order chi connectivity index (χ0) is 12.6. The van der Waals surface area contributed by atoms with Crippen LogP contribution >= 0.6 is 15.9 Å². The Bertz CT molecular complexity index is 547. The van der Waals surface area contributed by atoms with Gasteiger partial charge in [-0.05, 0) is 28.1 Å². The van der Waals surface area contributed by atoms with Crippen LogP contribution in [0.1, 0.15) is 10.4 Å². The van der Waals surface area contributed by atoms with Crippen LogP contribution in [0.2, 0.25) is 0 Å². The Morgan fingerprint density at radius 2 is 1.76 bits per heavy atom. The number of nitrogens with zero attached hydrogens (tertiary/aromatic N) is 1. The maximum absolute atomic E-state index is 11.5. The summed E-state index contributed by atoms with van der Waals surface area (Å²) in [7, 11) is 0. The second-order valence-electron chi connectivity index (χ2n) is 3.29. The lowest BCUT2D eigenvalue weighted by Gasteiger charge is -2.17. The molecule has 0 bridgehead atoms. The van der Waals surface area contributed by atoms with Crippen molar-refractivity contribution in [2.24, 2.45) is 0 Å². The topological polar surface area (TPSA) is 74.7 Å². The summed E-state index contributed by atoms with van der Waals surface area (Å²) in [5, 5.41) is 9.03. The van der Waals surface area contributed by atoms with Gasteiger partial charge in [0.15, 0.2) is 0 Å². The Kier molecular flexibility index (Phi) is 2.81. The first kappa shape index (κ1) is 11.5. The van der Waals surface area contributed by atoms with Gasteiger partial charge in [-0.2, -0.15) is 0 Å². The van der Waals surface area contributed by atoms with Gasteiger partial charge in [0, 0.05) is 16.6 Å². The molecule has 1 aliphatic heterocycles. The molecular formula is C11H6BrNO4. The number of benzene rings is 1. The van der Waals surface area contributed by atoms with E-state index >= 15 is 0 Å². The van der Waals surface area contributed by atoms with Crippen molar-refractivity contribution in [3.8, 4) is 0 Å². The fourth-order valence-corrected chi connectivity index (χ4v) is 2.08. The normalized spacial score (nSPS) is 14.5. The zero-order valence-electron chi connectivity index (χ0n) is 8.38. The van der Waals surface area contributed by atoms with Gasteiger partial charge in [0.1, 0.15) is 0 Å². The number of rotatable bonds is 2. The fourth-order valence-electron chi connectivity index (χ4n) is 1.54. The molecule has 1 aromatic rings. The van der Waals surface area contributed by atoms with E-state index in [2.05, 4.69) is 15.9 Å². The number of carboxylic acids is 1. The van der Waals surface area contributed by atoms with Gasteiger partial charge in [0.05, 0.1) is 11.3 Å².